The van der Waals surface area contributed by atoms with Gasteiger partial charge in [-0.2, -0.15) is 10.2 Å². The Morgan fingerprint density at radius 2 is 2.13 bits per heavy atom. The van der Waals surface area contributed by atoms with Gasteiger partial charge in [-0.05, 0) is 24.3 Å². The van der Waals surface area contributed by atoms with Crippen molar-refractivity contribution in [3.05, 3.63) is 71.1 Å². The van der Waals surface area contributed by atoms with Crippen LogP contribution in [-0.4, -0.2) is 56.9 Å². The van der Waals surface area contributed by atoms with Crippen molar-refractivity contribution in [3.8, 4) is 10.7 Å². The van der Waals surface area contributed by atoms with Gasteiger partial charge in [0.2, 0.25) is 5.01 Å². The zero-order valence-electron chi connectivity index (χ0n) is 16.5. The Kier molecular flexibility index (Phi) is 3.96. The minimum Gasteiger partial charge on any atom is -0.348 e. The summed E-state index contributed by atoms with van der Waals surface area (Å²) in [7, 11) is 1.84. The molecule has 0 saturated heterocycles. The number of aromatic nitrogens is 8. The van der Waals surface area contributed by atoms with Crippen LogP contribution in [0.2, 0.25) is 0 Å². The number of hydrogen-bond acceptors (Lipinski definition) is 7. The molecule has 1 amide bonds. The second-order valence-electron chi connectivity index (χ2n) is 7.34. The lowest BCUT2D eigenvalue weighted by Crippen LogP contribution is -2.41. The first-order chi connectivity index (χ1) is 15.2. The first kappa shape index (κ1) is 18.0. The Bertz CT molecular complexity index is 1380. The van der Waals surface area contributed by atoms with Crippen LogP contribution in [-0.2, 0) is 13.5 Å². The maximum absolute atomic E-state index is 13.5. The summed E-state index contributed by atoms with van der Waals surface area (Å²) in [6, 6.07) is 9.32. The van der Waals surface area contributed by atoms with E-state index in [0.29, 0.717) is 28.7 Å². The average molecular weight is 431 g/mol. The lowest BCUT2D eigenvalue weighted by Gasteiger charge is -2.33. The molecule has 1 N–H and O–H groups in total. The molecular formula is C20H17N9OS. The normalized spacial score (nSPS) is 16.0. The molecule has 5 aromatic heterocycles. The van der Waals surface area contributed by atoms with Crippen molar-refractivity contribution in [2.45, 2.75) is 12.5 Å². The third-order valence-corrected chi connectivity index (χ3v) is 6.33. The number of pyridine rings is 1. The Morgan fingerprint density at radius 1 is 1.19 bits per heavy atom. The highest BCUT2D eigenvalue weighted by Gasteiger charge is 2.37. The Morgan fingerprint density at radius 3 is 2.97 bits per heavy atom. The molecular weight excluding hydrogens is 414 g/mol. The number of nitrogens with zero attached hydrogens (tertiary/aromatic N) is 8. The Hall–Kier alpha value is -3.86. The quantitative estimate of drug-likeness (QED) is 0.468. The van der Waals surface area contributed by atoms with Gasteiger partial charge in [-0.25, -0.2) is 9.50 Å². The Balaban J connectivity index is 1.40. The predicted molar refractivity (Wildman–Crippen MR) is 112 cm³/mol. The lowest BCUT2D eigenvalue weighted by molar-refractivity contribution is 0.0685. The van der Waals surface area contributed by atoms with E-state index < -0.39 is 6.04 Å². The molecule has 5 aromatic rings. The fourth-order valence-electron chi connectivity index (χ4n) is 3.95. The topological polar surface area (TPSA) is 110 Å². The molecule has 0 aliphatic carbocycles. The van der Waals surface area contributed by atoms with Crippen LogP contribution in [0, 0.1) is 0 Å². The standard InChI is InChI=1S/C20H17N9OS/c1-27-8-5-14(25-27)18-23-24-19(31-18)20(30)28-9-6-13-16(22-11-21-13)17(28)15-10-12-4-2-3-7-29(12)26-15/h2-5,7-8,10-11,17H,6,9H2,1H3,(H,21,22). The van der Waals surface area contributed by atoms with Gasteiger partial charge in [-0.15, -0.1) is 10.2 Å². The number of imidazole rings is 1. The van der Waals surface area contributed by atoms with Gasteiger partial charge >= 0.3 is 0 Å². The van der Waals surface area contributed by atoms with E-state index in [2.05, 4.69) is 25.3 Å². The predicted octanol–water partition coefficient (Wildman–Crippen LogP) is 2.10. The zero-order valence-corrected chi connectivity index (χ0v) is 17.3. The van der Waals surface area contributed by atoms with Crippen molar-refractivity contribution in [1.82, 2.24) is 44.5 Å². The lowest BCUT2D eigenvalue weighted by atomic mass is 9.99. The van der Waals surface area contributed by atoms with E-state index in [0.717, 1.165) is 22.6 Å². The molecule has 0 fully saturated rings. The van der Waals surface area contributed by atoms with Crippen molar-refractivity contribution < 1.29 is 4.79 Å². The van der Waals surface area contributed by atoms with Crippen molar-refractivity contribution in [2.75, 3.05) is 6.54 Å². The number of aromatic amines is 1. The molecule has 0 aromatic carbocycles. The highest BCUT2D eigenvalue weighted by Crippen LogP contribution is 2.35. The molecule has 11 heteroatoms. The maximum atomic E-state index is 13.5. The van der Waals surface area contributed by atoms with Gasteiger partial charge in [0, 0.05) is 38.1 Å². The van der Waals surface area contributed by atoms with Crippen LogP contribution >= 0.6 is 11.3 Å². The van der Waals surface area contributed by atoms with Gasteiger partial charge in [0.05, 0.1) is 23.2 Å². The molecule has 154 valence electrons. The van der Waals surface area contributed by atoms with Crippen molar-refractivity contribution >= 4 is 22.8 Å². The van der Waals surface area contributed by atoms with Crippen LogP contribution in [0.25, 0.3) is 16.2 Å². The van der Waals surface area contributed by atoms with E-state index in [1.807, 2.05) is 54.3 Å². The number of carbonyl (C=O) groups is 1. The summed E-state index contributed by atoms with van der Waals surface area (Å²) < 4.78 is 3.50. The van der Waals surface area contributed by atoms with E-state index in [1.54, 1.807) is 15.9 Å². The van der Waals surface area contributed by atoms with Crippen molar-refractivity contribution in [2.24, 2.45) is 7.05 Å². The van der Waals surface area contributed by atoms with Gasteiger partial charge in [0.1, 0.15) is 11.7 Å². The van der Waals surface area contributed by atoms with E-state index in [9.17, 15) is 4.79 Å². The smallest absolute Gasteiger partial charge is 0.285 e. The summed E-state index contributed by atoms with van der Waals surface area (Å²) >= 11 is 1.24. The third-order valence-electron chi connectivity index (χ3n) is 5.40. The first-order valence-electron chi connectivity index (χ1n) is 9.78. The monoisotopic (exact) mass is 431 g/mol. The number of fused-ring (bicyclic) bond motifs is 2. The summed E-state index contributed by atoms with van der Waals surface area (Å²) in [4.78, 5) is 23.0. The molecule has 10 nitrogen and oxygen atoms in total. The van der Waals surface area contributed by atoms with Crippen LogP contribution < -0.4 is 0 Å². The first-order valence-corrected chi connectivity index (χ1v) is 10.6. The summed E-state index contributed by atoms with van der Waals surface area (Å²) in [6.45, 7) is 0.533. The molecule has 6 heterocycles. The molecule has 1 unspecified atom stereocenters. The van der Waals surface area contributed by atoms with Gasteiger partial charge in [0.25, 0.3) is 5.91 Å². The van der Waals surface area contributed by atoms with Gasteiger partial charge in [0.15, 0.2) is 5.01 Å². The number of amides is 1. The van der Waals surface area contributed by atoms with Gasteiger partial charge in [-0.3, -0.25) is 9.48 Å². The van der Waals surface area contributed by atoms with Gasteiger partial charge < -0.3 is 9.88 Å². The van der Waals surface area contributed by atoms with Crippen LogP contribution in [0.4, 0.5) is 0 Å². The summed E-state index contributed by atoms with van der Waals surface area (Å²) in [6.07, 6.45) is 6.09. The highest BCUT2D eigenvalue weighted by atomic mass is 32.1. The van der Waals surface area contributed by atoms with Crippen LogP contribution in [0.1, 0.15) is 32.9 Å². The van der Waals surface area contributed by atoms with Crippen LogP contribution in [0.15, 0.2) is 49.1 Å². The molecule has 0 radical (unpaired) electrons. The SMILES string of the molecule is Cn1ccc(-c2nnc(C(=O)N3CCc4[nH]cnc4C3c3cc4ccccn4n3)s2)n1. The molecule has 6 rings (SSSR count). The molecule has 0 bridgehead atoms. The minimum atomic E-state index is -0.399. The summed E-state index contributed by atoms with van der Waals surface area (Å²) in [5.41, 5.74) is 4.27. The molecule has 1 aliphatic heterocycles. The fourth-order valence-corrected chi connectivity index (χ4v) is 4.72. The van der Waals surface area contributed by atoms with Crippen LogP contribution in [0.3, 0.4) is 0 Å². The second-order valence-corrected chi connectivity index (χ2v) is 8.32. The highest BCUT2D eigenvalue weighted by molar-refractivity contribution is 7.16. The van der Waals surface area contributed by atoms with Crippen molar-refractivity contribution in [1.29, 1.82) is 0 Å². The number of rotatable bonds is 3. The van der Waals surface area contributed by atoms with E-state index in [1.165, 1.54) is 11.3 Å². The molecule has 1 atom stereocenters. The number of carbonyl (C=O) groups excluding carboxylic acids is 1. The summed E-state index contributed by atoms with van der Waals surface area (Å²) in [5, 5.41) is 18.4. The van der Waals surface area contributed by atoms with E-state index in [4.69, 9.17) is 5.10 Å². The number of nitrogens with one attached hydrogen (secondary N) is 1. The third kappa shape index (κ3) is 2.93. The minimum absolute atomic E-state index is 0.185. The number of H-pyrrole nitrogens is 1. The zero-order chi connectivity index (χ0) is 20.9. The molecule has 1 aliphatic rings. The largest absolute Gasteiger partial charge is 0.348 e. The molecule has 31 heavy (non-hydrogen) atoms. The molecule has 0 saturated carbocycles. The fraction of sp³-hybridized carbons (Fsp3) is 0.200. The van der Waals surface area contributed by atoms with E-state index in [-0.39, 0.29) is 5.91 Å². The van der Waals surface area contributed by atoms with Crippen molar-refractivity contribution in [3.63, 3.8) is 0 Å². The average Bonchev–Trinajstić information content (AvgIpc) is 3.57. The number of aryl methyl sites for hydroxylation is 1. The maximum Gasteiger partial charge on any atom is 0.285 e. The number of hydrogen-bond donors (Lipinski definition) is 1. The summed E-state index contributed by atoms with van der Waals surface area (Å²) in [5.74, 6) is -0.185. The van der Waals surface area contributed by atoms with Gasteiger partial charge in [-0.1, -0.05) is 17.4 Å². The molecule has 0 spiro atoms. The van der Waals surface area contributed by atoms with E-state index >= 15 is 0 Å². The second kappa shape index (κ2) is 6.84. The van der Waals surface area contributed by atoms with Crippen LogP contribution in [0.5, 0.6) is 0 Å². The Labute approximate surface area is 180 Å².